The molecule has 0 atom stereocenters. The van der Waals surface area contributed by atoms with Gasteiger partial charge in [0.25, 0.3) is 0 Å². The van der Waals surface area contributed by atoms with Gasteiger partial charge < -0.3 is 5.73 Å². The maximum Gasteiger partial charge on any atom is 0.124 e. The van der Waals surface area contributed by atoms with E-state index in [1.165, 1.54) is 6.07 Å². The van der Waals surface area contributed by atoms with Crippen LogP contribution in [0.25, 0.3) is 0 Å². The Morgan fingerprint density at radius 1 is 1.14 bits per heavy atom. The molecule has 4 heteroatoms. The number of para-hydroxylation sites is 1. The van der Waals surface area contributed by atoms with Crippen LogP contribution >= 0.6 is 15.9 Å². The molecule has 0 heterocycles. The van der Waals surface area contributed by atoms with E-state index in [4.69, 9.17) is 5.73 Å². The van der Waals surface area contributed by atoms with Gasteiger partial charge in [0.2, 0.25) is 0 Å². The van der Waals surface area contributed by atoms with Gasteiger partial charge in [-0.15, -0.1) is 0 Å². The third-order valence-corrected chi connectivity index (χ3v) is 3.78. The molecule has 0 aliphatic carbocycles. The van der Waals surface area contributed by atoms with Crippen molar-refractivity contribution in [2.24, 2.45) is 0 Å². The normalized spacial score (nSPS) is 11.0. The summed E-state index contributed by atoms with van der Waals surface area (Å²) in [5, 5.41) is 0. The SMILES string of the molecule is CCCN(Cc1cc(F)cc(Br)c1)Cc1ccccc1N. The van der Waals surface area contributed by atoms with Crippen molar-refractivity contribution in [3.8, 4) is 0 Å². The van der Waals surface area contributed by atoms with Crippen molar-refractivity contribution in [2.45, 2.75) is 26.4 Å². The largest absolute Gasteiger partial charge is 0.398 e. The number of hydrogen-bond acceptors (Lipinski definition) is 2. The molecule has 112 valence electrons. The number of nitrogens with zero attached hydrogens (tertiary/aromatic N) is 1. The first-order valence-electron chi connectivity index (χ1n) is 7.09. The second-order valence-corrected chi connectivity index (χ2v) is 6.10. The number of halogens is 2. The minimum absolute atomic E-state index is 0.213. The molecular formula is C17H20BrFN2. The number of nitrogens with two attached hydrogens (primary N) is 1. The lowest BCUT2D eigenvalue weighted by Crippen LogP contribution is -2.24. The Balaban J connectivity index is 2.13. The molecule has 2 N–H and O–H groups in total. The van der Waals surface area contributed by atoms with E-state index < -0.39 is 0 Å². The quantitative estimate of drug-likeness (QED) is 0.772. The van der Waals surface area contributed by atoms with Crippen molar-refractivity contribution in [3.63, 3.8) is 0 Å². The summed E-state index contributed by atoms with van der Waals surface area (Å²) >= 11 is 3.34. The summed E-state index contributed by atoms with van der Waals surface area (Å²) in [4.78, 5) is 2.28. The first-order chi connectivity index (χ1) is 10.1. The first-order valence-corrected chi connectivity index (χ1v) is 7.88. The highest BCUT2D eigenvalue weighted by atomic mass is 79.9. The zero-order valence-corrected chi connectivity index (χ0v) is 13.7. The molecule has 0 spiro atoms. The number of nitrogen functional groups attached to an aromatic ring is 1. The Labute approximate surface area is 133 Å². The topological polar surface area (TPSA) is 29.3 Å². The first kappa shape index (κ1) is 16.0. The molecule has 0 saturated heterocycles. The van der Waals surface area contributed by atoms with Crippen LogP contribution in [0.3, 0.4) is 0 Å². The van der Waals surface area contributed by atoms with E-state index in [0.717, 1.165) is 40.8 Å². The number of hydrogen-bond donors (Lipinski definition) is 1. The van der Waals surface area contributed by atoms with Crippen LogP contribution in [0.4, 0.5) is 10.1 Å². The van der Waals surface area contributed by atoms with Crippen LogP contribution in [0.1, 0.15) is 24.5 Å². The van der Waals surface area contributed by atoms with Gasteiger partial charge in [0, 0.05) is 23.2 Å². The summed E-state index contributed by atoms with van der Waals surface area (Å²) in [6.07, 6.45) is 1.04. The van der Waals surface area contributed by atoms with Crippen LogP contribution in [-0.2, 0) is 13.1 Å². The smallest absolute Gasteiger partial charge is 0.124 e. The number of anilines is 1. The summed E-state index contributed by atoms with van der Waals surface area (Å²) in [6.45, 7) is 4.57. The van der Waals surface area contributed by atoms with Gasteiger partial charge in [-0.3, -0.25) is 4.90 Å². The monoisotopic (exact) mass is 350 g/mol. The van der Waals surface area contributed by atoms with Gasteiger partial charge in [0.1, 0.15) is 5.82 Å². The van der Waals surface area contributed by atoms with E-state index in [0.29, 0.717) is 6.54 Å². The highest BCUT2D eigenvalue weighted by molar-refractivity contribution is 9.10. The molecule has 0 amide bonds. The Morgan fingerprint density at radius 3 is 2.57 bits per heavy atom. The summed E-state index contributed by atoms with van der Waals surface area (Å²) in [5.41, 5.74) is 8.89. The lowest BCUT2D eigenvalue weighted by atomic mass is 10.1. The molecule has 2 aromatic carbocycles. The molecule has 2 rings (SSSR count). The molecule has 0 radical (unpaired) electrons. The van der Waals surface area contributed by atoms with Crippen LogP contribution in [0, 0.1) is 5.82 Å². The van der Waals surface area contributed by atoms with Crippen molar-refractivity contribution >= 4 is 21.6 Å². The van der Waals surface area contributed by atoms with Gasteiger partial charge in [-0.2, -0.15) is 0 Å². The summed E-state index contributed by atoms with van der Waals surface area (Å²) in [6, 6.07) is 12.9. The van der Waals surface area contributed by atoms with Crippen molar-refractivity contribution in [2.75, 3.05) is 12.3 Å². The van der Waals surface area contributed by atoms with Crippen LogP contribution in [0.15, 0.2) is 46.9 Å². The van der Waals surface area contributed by atoms with Gasteiger partial charge in [0.15, 0.2) is 0 Å². The highest BCUT2D eigenvalue weighted by Gasteiger charge is 2.09. The molecule has 0 fully saturated rings. The molecule has 0 aliphatic rings. The third-order valence-electron chi connectivity index (χ3n) is 3.32. The maximum atomic E-state index is 13.5. The van der Waals surface area contributed by atoms with Gasteiger partial charge in [0.05, 0.1) is 0 Å². The predicted octanol–water partition coefficient (Wildman–Crippen LogP) is 4.58. The second-order valence-electron chi connectivity index (χ2n) is 5.19. The van der Waals surface area contributed by atoms with Gasteiger partial charge in [-0.1, -0.05) is 41.1 Å². The molecule has 0 unspecified atom stereocenters. The predicted molar refractivity (Wildman–Crippen MR) is 89.4 cm³/mol. The summed E-state index contributed by atoms with van der Waals surface area (Å²) in [5.74, 6) is -0.213. The maximum absolute atomic E-state index is 13.5. The molecular weight excluding hydrogens is 331 g/mol. The standard InChI is InChI=1S/C17H20BrFN2/c1-2-7-21(12-14-5-3-4-6-17(14)20)11-13-8-15(18)10-16(19)9-13/h3-6,8-10H,2,7,11-12,20H2,1H3. The molecule has 2 nitrogen and oxygen atoms in total. The van der Waals surface area contributed by atoms with Crippen molar-refractivity contribution in [3.05, 3.63) is 63.9 Å². The average Bonchev–Trinajstić information content (AvgIpc) is 2.40. The van der Waals surface area contributed by atoms with E-state index in [9.17, 15) is 4.39 Å². The molecule has 0 aromatic heterocycles. The lowest BCUT2D eigenvalue weighted by molar-refractivity contribution is 0.257. The Kier molecular flexibility index (Phi) is 5.76. The van der Waals surface area contributed by atoms with E-state index in [-0.39, 0.29) is 5.82 Å². The van der Waals surface area contributed by atoms with Crippen LogP contribution in [0.5, 0.6) is 0 Å². The van der Waals surface area contributed by atoms with Crippen molar-refractivity contribution in [1.29, 1.82) is 0 Å². The molecule has 0 aliphatic heterocycles. The molecule has 2 aromatic rings. The fraction of sp³-hybridized carbons (Fsp3) is 0.294. The number of benzene rings is 2. The van der Waals surface area contributed by atoms with Gasteiger partial charge >= 0.3 is 0 Å². The molecule has 0 saturated carbocycles. The summed E-state index contributed by atoms with van der Waals surface area (Å²) in [7, 11) is 0. The molecule has 0 bridgehead atoms. The Bertz CT molecular complexity index is 581. The minimum atomic E-state index is -0.213. The van der Waals surface area contributed by atoms with Crippen LogP contribution < -0.4 is 5.73 Å². The van der Waals surface area contributed by atoms with Crippen LogP contribution in [-0.4, -0.2) is 11.4 Å². The Hall–Kier alpha value is -1.39. The number of rotatable bonds is 6. The van der Waals surface area contributed by atoms with Gasteiger partial charge in [-0.05, 0) is 48.4 Å². The van der Waals surface area contributed by atoms with E-state index >= 15 is 0 Å². The van der Waals surface area contributed by atoms with E-state index in [2.05, 4.69) is 27.8 Å². The fourth-order valence-corrected chi connectivity index (χ4v) is 2.92. The Morgan fingerprint density at radius 2 is 1.90 bits per heavy atom. The molecule has 21 heavy (non-hydrogen) atoms. The average molecular weight is 351 g/mol. The lowest BCUT2D eigenvalue weighted by Gasteiger charge is -2.23. The van der Waals surface area contributed by atoms with E-state index in [1.54, 1.807) is 6.07 Å². The third kappa shape index (κ3) is 4.83. The van der Waals surface area contributed by atoms with Crippen molar-refractivity contribution < 1.29 is 4.39 Å². The van der Waals surface area contributed by atoms with Gasteiger partial charge in [-0.25, -0.2) is 4.39 Å². The fourth-order valence-electron chi connectivity index (χ4n) is 2.41. The zero-order valence-electron chi connectivity index (χ0n) is 12.2. The highest BCUT2D eigenvalue weighted by Crippen LogP contribution is 2.19. The zero-order chi connectivity index (χ0) is 15.2. The van der Waals surface area contributed by atoms with Crippen LogP contribution in [0.2, 0.25) is 0 Å². The van der Waals surface area contributed by atoms with E-state index in [1.807, 2.05) is 30.3 Å². The summed E-state index contributed by atoms with van der Waals surface area (Å²) < 4.78 is 14.3. The van der Waals surface area contributed by atoms with Crippen molar-refractivity contribution in [1.82, 2.24) is 4.90 Å². The second kappa shape index (κ2) is 7.57. The minimum Gasteiger partial charge on any atom is -0.398 e.